The third-order valence-corrected chi connectivity index (χ3v) is 3.80. The Balaban J connectivity index is 1.77. The monoisotopic (exact) mass is 289 g/mol. The van der Waals surface area contributed by atoms with Gasteiger partial charge in [0.2, 0.25) is 12.7 Å². The Morgan fingerprint density at radius 3 is 2.62 bits per heavy atom. The fourth-order valence-corrected chi connectivity index (χ4v) is 2.63. The van der Waals surface area contributed by atoms with Crippen molar-refractivity contribution in [1.29, 1.82) is 0 Å². The number of methoxy groups -OCH3 is 1. The van der Waals surface area contributed by atoms with E-state index in [1.54, 1.807) is 25.3 Å². The van der Waals surface area contributed by atoms with E-state index in [4.69, 9.17) is 14.2 Å². The van der Waals surface area contributed by atoms with Gasteiger partial charge in [-0.3, -0.25) is 4.79 Å². The molecule has 21 heavy (non-hydrogen) atoms. The number of benzene rings is 1. The van der Waals surface area contributed by atoms with Crippen molar-refractivity contribution in [3.05, 3.63) is 23.8 Å². The number of amides is 1. The Labute approximate surface area is 124 Å². The predicted molar refractivity (Wildman–Crippen MR) is 78.6 cm³/mol. The standard InChI is InChI=1S/C16H19NO4/c1-19-13-10-15-14(20-11-21-15)9-12(13)5-6-16(18)17-7-3-2-4-8-17/h5-6,9-10H,2-4,7-8,11H2,1H3/b6-5-. The molecule has 1 fully saturated rings. The van der Waals surface area contributed by atoms with Gasteiger partial charge in [-0.05, 0) is 31.4 Å². The molecule has 1 aromatic rings. The first-order valence-corrected chi connectivity index (χ1v) is 7.22. The second-order valence-corrected chi connectivity index (χ2v) is 5.17. The van der Waals surface area contributed by atoms with Gasteiger partial charge < -0.3 is 19.1 Å². The van der Waals surface area contributed by atoms with Crippen LogP contribution in [0, 0.1) is 0 Å². The number of carbonyl (C=O) groups excluding carboxylic acids is 1. The van der Waals surface area contributed by atoms with Gasteiger partial charge in [0.15, 0.2) is 11.5 Å². The number of rotatable bonds is 3. The van der Waals surface area contributed by atoms with Gasteiger partial charge in [0.1, 0.15) is 5.75 Å². The summed E-state index contributed by atoms with van der Waals surface area (Å²) in [7, 11) is 1.60. The van der Waals surface area contributed by atoms with E-state index in [9.17, 15) is 4.79 Å². The number of carbonyl (C=O) groups is 1. The van der Waals surface area contributed by atoms with Gasteiger partial charge in [-0.15, -0.1) is 0 Å². The maximum absolute atomic E-state index is 12.1. The molecule has 0 atom stereocenters. The Hall–Kier alpha value is -2.17. The molecule has 0 unspecified atom stereocenters. The molecule has 2 aliphatic heterocycles. The van der Waals surface area contributed by atoms with Crippen molar-refractivity contribution >= 4 is 12.0 Å². The largest absolute Gasteiger partial charge is 0.496 e. The van der Waals surface area contributed by atoms with Crippen LogP contribution in [-0.2, 0) is 4.79 Å². The second-order valence-electron chi connectivity index (χ2n) is 5.17. The second kappa shape index (κ2) is 6.08. The van der Waals surface area contributed by atoms with Crippen molar-refractivity contribution in [3.8, 4) is 17.2 Å². The van der Waals surface area contributed by atoms with Crippen LogP contribution in [0.25, 0.3) is 6.08 Å². The molecule has 5 nitrogen and oxygen atoms in total. The Bertz CT molecular complexity index is 562. The molecule has 1 saturated heterocycles. The molecule has 0 saturated carbocycles. The number of hydrogen-bond donors (Lipinski definition) is 0. The van der Waals surface area contributed by atoms with Gasteiger partial charge in [0.05, 0.1) is 7.11 Å². The Morgan fingerprint density at radius 2 is 1.90 bits per heavy atom. The van der Waals surface area contributed by atoms with Crippen molar-refractivity contribution < 1.29 is 19.0 Å². The summed E-state index contributed by atoms with van der Waals surface area (Å²) in [5.74, 6) is 2.07. The minimum atomic E-state index is 0.0504. The average molecular weight is 289 g/mol. The van der Waals surface area contributed by atoms with Crippen LogP contribution in [0.4, 0.5) is 0 Å². The maximum Gasteiger partial charge on any atom is 0.246 e. The topological polar surface area (TPSA) is 48.0 Å². The summed E-state index contributed by atoms with van der Waals surface area (Å²) >= 11 is 0. The van der Waals surface area contributed by atoms with E-state index in [-0.39, 0.29) is 12.7 Å². The minimum Gasteiger partial charge on any atom is -0.496 e. The molecule has 0 spiro atoms. The number of ether oxygens (including phenoxy) is 3. The summed E-state index contributed by atoms with van der Waals surface area (Å²) in [4.78, 5) is 14.0. The highest BCUT2D eigenvalue weighted by Crippen LogP contribution is 2.38. The van der Waals surface area contributed by atoms with Crippen LogP contribution in [0.15, 0.2) is 18.2 Å². The van der Waals surface area contributed by atoms with Gasteiger partial charge in [-0.2, -0.15) is 0 Å². The number of hydrogen-bond acceptors (Lipinski definition) is 4. The molecule has 3 rings (SSSR count). The van der Waals surface area contributed by atoms with Crippen LogP contribution in [0.3, 0.4) is 0 Å². The van der Waals surface area contributed by atoms with Gasteiger partial charge >= 0.3 is 0 Å². The summed E-state index contributed by atoms with van der Waals surface area (Å²) < 4.78 is 16.0. The highest BCUT2D eigenvalue weighted by Gasteiger charge is 2.18. The first-order valence-electron chi connectivity index (χ1n) is 7.22. The van der Waals surface area contributed by atoms with Crippen molar-refractivity contribution in [2.75, 3.05) is 27.0 Å². The highest BCUT2D eigenvalue weighted by atomic mass is 16.7. The van der Waals surface area contributed by atoms with Crippen molar-refractivity contribution in [2.45, 2.75) is 19.3 Å². The molecule has 0 aromatic heterocycles. The van der Waals surface area contributed by atoms with Gasteiger partial charge in [0, 0.05) is 30.8 Å². The van der Waals surface area contributed by atoms with Crippen LogP contribution in [0.5, 0.6) is 17.2 Å². The average Bonchev–Trinajstić information content (AvgIpc) is 2.99. The van der Waals surface area contributed by atoms with E-state index >= 15 is 0 Å². The molecule has 1 amide bonds. The predicted octanol–water partition coefficient (Wildman–Crippen LogP) is 2.45. The smallest absolute Gasteiger partial charge is 0.246 e. The lowest BCUT2D eigenvalue weighted by Gasteiger charge is -2.25. The third kappa shape index (κ3) is 2.96. The zero-order chi connectivity index (χ0) is 14.7. The minimum absolute atomic E-state index is 0.0504. The van der Waals surface area contributed by atoms with E-state index in [0.717, 1.165) is 31.5 Å². The maximum atomic E-state index is 12.1. The summed E-state index contributed by atoms with van der Waals surface area (Å²) in [6.45, 7) is 1.92. The zero-order valence-electron chi connectivity index (χ0n) is 12.1. The van der Waals surface area contributed by atoms with Gasteiger partial charge in [0.25, 0.3) is 0 Å². The van der Waals surface area contributed by atoms with Crippen LogP contribution in [0.1, 0.15) is 24.8 Å². The fourth-order valence-electron chi connectivity index (χ4n) is 2.63. The number of piperidine rings is 1. The molecule has 112 valence electrons. The summed E-state index contributed by atoms with van der Waals surface area (Å²) in [6.07, 6.45) is 6.77. The molecule has 5 heteroatoms. The van der Waals surface area contributed by atoms with Crippen molar-refractivity contribution in [3.63, 3.8) is 0 Å². The lowest BCUT2D eigenvalue weighted by Crippen LogP contribution is -2.34. The molecule has 1 aromatic carbocycles. The molecule has 2 aliphatic rings. The van der Waals surface area contributed by atoms with Gasteiger partial charge in [-0.1, -0.05) is 0 Å². The molecule has 0 aliphatic carbocycles. The van der Waals surface area contributed by atoms with Crippen LogP contribution in [0.2, 0.25) is 0 Å². The fraction of sp³-hybridized carbons (Fsp3) is 0.438. The number of fused-ring (bicyclic) bond motifs is 1. The Kier molecular flexibility index (Phi) is 3.99. The summed E-state index contributed by atoms with van der Waals surface area (Å²) in [5, 5.41) is 0. The molecule has 0 radical (unpaired) electrons. The van der Waals surface area contributed by atoms with E-state index in [0.29, 0.717) is 17.2 Å². The first kappa shape index (κ1) is 13.8. The lowest BCUT2D eigenvalue weighted by molar-refractivity contribution is -0.126. The Morgan fingerprint density at radius 1 is 1.19 bits per heavy atom. The van der Waals surface area contributed by atoms with E-state index in [1.165, 1.54) is 6.42 Å². The zero-order valence-corrected chi connectivity index (χ0v) is 12.1. The van der Waals surface area contributed by atoms with Crippen LogP contribution < -0.4 is 14.2 Å². The summed E-state index contributed by atoms with van der Waals surface area (Å²) in [6, 6.07) is 3.62. The third-order valence-electron chi connectivity index (χ3n) is 3.80. The summed E-state index contributed by atoms with van der Waals surface area (Å²) in [5.41, 5.74) is 0.812. The van der Waals surface area contributed by atoms with E-state index < -0.39 is 0 Å². The lowest BCUT2D eigenvalue weighted by atomic mass is 10.1. The molecule has 2 heterocycles. The highest BCUT2D eigenvalue weighted by molar-refractivity contribution is 5.92. The quantitative estimate of drug-likeness (QED) is 0.802. The van der Waals surface area contributed by atoms with Gasteiger partial charge in [-0.25, -0.2) is 0 Å². The number of likely N-dealkylation sites (tertiary alicyclic amines) is 1. The molecule has 0 N–H and O–H groups in total. The number of nitrogens with zero attached hydrogens (tertiary/aromatic N) is 1. The first-order chi connectivity index (χ1) is 10.3. The normalized spacial score (nSPS) is 17.3. The molecular weight excluding hydrogens is 270 g/mol. The molecule has 0 bridgehead atoms. The molecular formula is C16H19NO4. The SMILES string of the molecule is COc1cc2c(cc1/C=C\C(=O)N1CCCCC1)OCO2. The van der Waals surface area contributed by atoms with E-state index in [1.807, 2.05) is 11.0 Å². The van der Waals surface area contributed by atoms with Crippen LogP contribution >= 0.6 is 0 Å². The van der Waals surface area contributed by atoms with Crippen LogP contribution in [-0.4, -0.2) is 37.8 Å². The van der Waals surface area contributed by atoms with Crippen molar-refractivity contribution in [2.24, 2.45) is 0 Å². The van der Waals surface area contributed by atoms with E-state index in [2.05, 4.69) is 0 Å². The van der Waals surface area contributed by atoms with Crippen molar-refractivity contribution in [1.82, 2.24) is 4.90 Å².